The number of allylic oxidation sites excluding steroid dienone is 6. The number of rotatable bonds is 45. The molecule has 1 atom stereocenters. The van der Waals surface area contributed by atoms with Gasteiger partial charge >= 0.3 is 17.9 Å². The van der Waals surface area contributed by atoms with Crippen LogP contribution in [-0.2, 0) is 28.6 Å². The Hall–Kier alpha value is -2.37. The van der Waals surface area contributed by atoms with E-state index in [0.29, 0.717) is 25.7 Å². The summed E-state index contributed by atoms with van der Waals surface area (Å²) in [6.45, 7) is 6.49. The third kappa shape index (κ3) is 44.7. The van der Waals surface area contributed by atoms with Crippen LogP contribution < -0.4 is 0 Å². The average molecular weight is 815 g/mol. The van der Waals surface area contributed by atoms with Gasteiger partial charge in [0, 0.05) is 19.3 Å². The van der Waals surface area contributed by atoms with Crippen LogP contribution in [0.3, 0.4) is 0 Å². The standard InChI is InChI=1S/C52H94O6/c1-4-7-10-13-16-19-22-24-25-26-27-28-31-33-36-39-42-45-51(54)57-48-49(47-56-50(53)44-41-38-35-32-29-21-18-15-12-9-6-3)58-52(55)46-43-40-37-34-30-23-20-17-14-11-8-5-2/h9,12,18,21,32,35,49H,4-8,10-11,13-17,19-20,22-31,33-34,36-48H2,1-3H3/b12-9-,21-18-,35-32-. The molecule has 0 saturated carbocycles. The molecule has 338 valence electrons. The van der Waals surface area contributed by atoms with Crippen LogP contribution in [0.2, 0.25) is 0 Å². The van der Waals surface area contributed by atoms with Gasteiger partial charge in [-0.1, -0.05) is 231 Å². The van der Waals surface area contributed by atoms with Gasteiger partial charge in [0.25, 0.3) is 0 Å². The van der Waals surface area contributed by atoms with Gasteiger partial charge in [-0.2, -0.15) is 0 Å². The molecular weight excluding hydrogens is 721 g/mol. The smallest absolute Gasteiger partial charge is 0.306 e. The van der Waals surface area contributed by atoms with Crippen LogP contribution in [0.15, 0.2) is 36.5 Å². The minimum atomic E-state index is -0.785. The van der Waals surface area contributed by atoms with Crippen LogP contribution >= 0.6 is 0 Å². The van der Waals surface area contributed by atoms with E-state index in [-0.39, 0.29) is 31.1 Å². The summed E-state index contributed by atoms with van der Waals surface area (Å²) in [6, 6.07) is 0. The Labute approximate surface area is 359 Å². The molecule has 0 rings (SSSR count). The summed E-state index contributed by atoms with van der Waals surface area (Å²) in [7, 11) is 0. The largest absolute Gasteiger partial charge is 0.462 e. The second-order valence-corrected chi connectivity index (χ2v) is 16.7. The molecule has 0 saturated heterocycles. The number of esters is 3. The van der Waals surface area contributed by atoms with Gasteiger partial charge in [-0.05, 0) is 44.9 Å². The van der Waals surface area contributed by atoms with E-state index < -0.39 is 6.10 Å². The molecule has 1 unspecified atom stereocenters. The third-order valence-corrected chi connectivity index (χ3v) is 10.9. The number of carbonyl (C=O) groups excluding carboxylic acids is 3. The Balaban J connectivity index is 4.34. The van der Waals surface area contributed by atoms with Gasteiger partial charge in [-0.25, -0.2) is 0 Å². The second kappa shape index (κ2) is 47.3. The first-order valence-corrected chi connectivity index (χ1v) is 25.0. The second-order valence-electron chi connectivity index (χ2n) is 16.7. The highest BCUT2D eigenvalue weighted by molar-refractivity contribution is 5.71. The maximum absolute atomic E-state index is 12.7. The van der Waals surface area contributed by atoms with Crippen molar-refractivity contribution in [2.75, 3.05) is 13.2 Å². The zero-order valence-electron chi connectivity index (χ0n) is 38.6. The lowest BCUT2D eigenvalue weighted by Crippen LogP contribution is -2.30. The Morgan fingerprint density at radius 2 is 0.672 bits per heavy atom. The van der Waals surface area contributed by atoms with E-state index in [1.807, 2.05) is 0 Å². The SMILES string of the molecule is CC/C=C\C/C=C\C/C=C\CCCC(=O)OCC(COC(=O)CCCCCCCCCCCCCCCCCCC)OC(=O)CCCCCCCCCCCCCC. The van der Waals surface area contributed by atoms with Crippen molar-refractivity contribution in [1.82, 2.24) is 0 Å². The van der Waals surface area contributed by atoms with E-state index in [4.69, 9.17) is 14.2 Å². The molecule has 0 aromatic rings. The van der Waals surface area contributed by atoms with Crippen LogP contribution in [-0.4, -0.2) is 37.2 Å². The first-order chi connectivity index (χ1) is 28.5. The molecule has 0 aliphatic rings. The van der Waals surface area contributed by atoms with Crippen molar-refractivity contribution < 1.29 is 28.6 Å². The fourth-order valence-corrected chi connectivity index (χ4v) is 7.17. The molecule has 6 nitrogen and oxygen atoms in total. The Morgan fingerprint density at radius 1 is 0.362 bits per heavy atom. The zero-order valence-corrected chi connectivity index (χ0v) is 38.6. The summed E-state index contributed by atoms with van der Waals surface area (Å²) in [5, 5.41) is 0. The molecule has 0 radical (unpaired) electrons. The van der Waals surface area contributed by atoms with Gasteiger partial charge in [0.05, 0.1) is 0 Å². The molecule has 0 bridgehead atoms. The summed E-state index contributed by atoms with van der Waals surface area (Å²) >= 11 is 0. The maximum Gasteiger partial charge on any atom is 0.306 e. The van der Waals surface area contributed by atoms with E-state index in [9.17, 15) is 14.4 Å². The summed E-state index contributed by atoms with van der Waals surface area (Å²) < 4.78 is 16.7. The van der Waals surface area contributed by atoms with Crippen molar-refractivity contribution >= 4 is 17.9 Å². The van der Waals surface area contributed by atoms with Crippen LogP contribution in [0, 0.1) is 0 Å². The molecule has 0 aliphatic carbocycles. The van der Waals surface area contributed by atoms with Crippen molar-refractivity contribution in [2.24, 2.45) is 0 Å². The zero-order chi connectivity index (χ0) is 42.3. The molecule has 0 heterocycles. The summed E-state index contributed by atoms with van der Waals surface area (Å²) in [4.78, 5) is 37.8. The Bertz CT molecular complexity index is 984. The minimum Gasteiger partial charge on any atom is -0.462 e. The van der Waals surface area contributed by atoms with Gasteiger partial charge in [0.1, 0.15) is 13.2 Å². The first kappa shape index (κ1) is 55.6. The van der Waals surface area contributed by atoms with E-state index in [1.165, 1.54) is 148 Å². The number of carbonyl (C=O) groups is 3. The number of ether oxygens (including phenoxy) is 3. The molecule has 0 aromatic heterocycles. The Morgan fingerprint density at radius 3 is 1.05 bits per heavy atom. The van der Waals surface area contributed by atoms with Gasteiger partial charge in [-0.3, -0.25) is 14.4 Å². The summed E-state index contributed by atoms with van der Waals surface area (Å²) in [6.07, 6.45) is 54.3. The molecule has 6 heteroatoms. The van der Waals surface area contributed by atoms with Gasteiger partial charge in [-0.15, -0.1) is 0 Å². The predicted octanol–water partition coefficient (Wildman–Crippen LogP) is 16.1. The number of hydrogen-bond donors (Lipinski definition) is 0. The first-order valence-electron chi connectivity index (χ1n) is 25.0. The quantitative estimate of drug-likeness (QED) is 0.0264. The van der Waals surface area contributed by atoms with Gasteiger partial charge in [0.15, 0.2) is 6.10 Å². The van der Waals surface area contributed by atoms with Crippen molar-refractivity contribution in [3.63, 3.8) is 0 Å². The van der Waals surface area contributed by atoms with E-state index in [0.717, 1.165) is 64.2 Å². The van der Waals surface area contributed by atoms with Crippen molar-refractivity contribution in [3.8, 4) is 0 Å². The lowest BCUT2D eigenvalue weighted by molar-refractivity contribution is -0.167. The normalized spacial score (nSPS) is 12.3. The summed E-state index contributed by atoms with van der Waals surface area (Å²) in [5.74, 6) is -0.931. The highest BCUT2D eigenvalue weighted by Gasteiger charge is 2.19. The molecule has 0 aliphatic heterocycles. The fourth-order valence-electron chi connectivity index (χ4n) is 7.17. The molecule has 0 amide bonds. The van der Waals surface area contributed by atoms with Crippen LogP contribution in [0.5, 0.6) is 0 Å². The van der Waals surface area contributed by atoms with E-state index in [2.05, 4.69) is 57.2 Å². The van der Waals surface area contributed by atoms with E-state index in [1.54, 1.807) is 0 Å². The third-order valence-electron chi connectivity index (χ3n) is 10.9. The van der Waals surface area contributed by atoms with Crippen molar-refractivity contribution in [3.05, 3.63) is 36.5 Å². The molecule has 0 aromatic carbocycles. The number of unbranched alkanes of at least 4 members (excludes halogenated alkanes) is 28. The van der Waals surface area contributed by atoms with Crippen LogP contribution in [0.25, 0.3) is 0 Å². The lowest BCUT2D eigenvalue weighted by atomic mass is 10.0. The molecule has 0 fully saturated rings. The van der Waals surface area contributed by atoms with Crippen LogP contribution in [0.4, 0.5) is 0 Å². The molecule has 0 spiro atoms. The highest BCUT2D eigenvalue weighted by atomic mass is 16.6. The summed E-state index contributed by atoms with van der Waals surface area (Å²) in [5.41, 5.74) is 0. The maximum atomic E-state index is 12.7. The van der Waals surface area contributed by atoms with Gasteiger partial charge < -0.3 is 14.2 Å². The monoisotopic (exact) mass is 815 g/mol. The predicted molar refractivity (Wildman–Crippen MR) is 247 cm³/mol. The van der Waals surface area contributed by atoms with Crippen LogP contribution in [0.1, 0.15) is 258 Å². The number of hydrogen-bond acceptors (Lipinski definition) is 6. The van der Waals surface area contributed by atoms with Crippen molar-refractivity contribution in [2.45, 2.75) is 264 Å². The molecule has 58 heavy (non-hydrogen) atoms. The minimum absolute atomic E-state index is 0.0836. The van der Waals surface area contributed by atoms with Gasteiger partial charge in [0.2, 0.25) is 0 Å². The molecular formula is C52H94O6. The van der Waals surface area contributed by atoms with Crippen molar-refractivity contribution in [1.29, 1.82) is 0 Å². The molecule has 0 N–H and O–H groups in total. The Kier molecular flexibility index (Phi) is 45.4. The average Bonchev–Trinajstić information content (AvgIpc) is 3.22. The highest BCUT2D eigenvalue weighted by Crippen LogP contribution is 2.16. The lowest BCUT2D eigenvalue weighted by Gasteiger charge is -2.18. The van der Waals surface area contributed by atoms with E-state index >= 15 is 0 Å². The fraction of sp³-hybridized carbons (Fsp3) is 0.827. The topological polar surface area (TPSA) is 78.9 Å².